The van der Waals surface area contributed by atoms with Crippen LogP contribution in [0.1, 0.15) is 57.9 Å². The second-order valence-corrected chi connectivity index (χ2v) is 10.5. The highest BCUT2D eigenvalue weighted by atomic mass is 16.6. The summed E-state index contributed by atoms with van der Waals surface area (Å²) in [5, 5.41) is 3.89. The van der Waals surface area contributed by atoms with Gasteiger partial charge in [0.05, 0.1) is 30.1 Å². The van der Waals surface area contributed by atoms with Crippen LogP contribution in [0.4, 0.5) is 16.2 Å². The normalized spacial score (nSPS) is 19.6. The van der Waals surface area contributed by atoms with Gasteiger partial charge in [0.2, 0.25) is 0 Å². The molecule has 1 aliphatic heterocycles. The molecule has 2 aliphatic carbocycles. The first kappa shape index (κ1) is 23.2. The van der Waals surface area contributed by atoms with E-state index in [9.17, 15) is 4.79 Å². The third-order valence-corrected chi connectivity index (χ3v) is 7.91. The molecule has 1 unspecified atom stereocenters. The summed E-state index contributed by atoms with van der Waals surface area (Å²) in [5.41, 5.74) is 11.5. The van der Waals surface area contributed by atoms with Crippen molar-refractivity contribution in [1.82, 2.24) is 4.57 Å². The number of carbonyl (C=O) groups is 1. The van der Waals surface area contributed by atoms with Crippen molar-refractivity contribution < 1.29 is 19.0 Å². The van der Waals surface area contributed by atoms with Crippen molar-refractivity contribution in [3.05, 3.63) is 42.5 Å². The van der Waals surface area contributed by atoms with E-state index in [1.54, 1.807) is 0 Å². The Morgan fingerprint density at radius 3 is 2.47 bits per heavy atom. The smallest absolute Gasteiger partial charge is 0.411 e. The van der Waals surface area contributed by atoms with E-state index in [2.05, 4.69) is 28.1 Å². The van der Waals surface area contributed by atoms with Gasteiger partial charge in [-0.25, -0.2) is 4.79 Å². The summed E-state index contributed by atoms with van der Waals surface area (Å²) in [7, 11) is 0. The molecule has 1 atom stereocenters. The lowest BCUT2D eigenvalue weighted by atomic mass is 9.92. The molecule has 3 aliphatic rings. The standard InChI is InChI=1S/C29H35N3O4/c1-18(19-5-6-19)35-29(33)31-21-9-7-20(8-10-21)28-27(30)25-17-24(36-23-13-15-34-16-14-23)11-12-26(25)32(28)22-3-2-4-22/h7-12,17-19,22-23H,2-6,13-16,30H2,1H3,(H,31,33). The second kappa shape index (κ2) is 9.69. The number of carbonyl (C=O) groups excluding carboxylic acids is 1. The molecular weight excluding hydrogens is 454 g/mol. The average molecular weight is 490 g/mol. The quantitative estimate of drug-likeness (QED) is 0.394. The number of nitrogens with two attached hydrogens (primary N) is 1. The number of rotatable bonds is 7. The maximum Gasteiger partial charge on any atom is 0.411 e. The van der Waals surface area contributed by atoms with Crippen LogP contribution >= 0.6 is 0 Å². The van der Waals surface area contributed by atoms with Crippen LogP contribution in [0.3, 0.4) is 0 Å². The first-order chi connectivity index (χ1) is 17.6. The zero-order chi connectivity index (χ0) is 24.6. The number of benzene rings is 2. The molecule has 1 aromatic heterocycles. The van der Waals surface area contributed by atoms with Crippen LogP contribution in [0.2, 0.25) is 0 Å². The molecule has 2 aromatic carbocycles. The summed E-state index contributed by atoms with van der Waals surface area (Å²) in [6.45, 7) is 3.46. The number of ether oxygens (including phenoxy) is 3. The van der Waals surface area contributed by atoms with Gasteiger partial charge in [0.15, 0.2) is 0 Å². The Morgan fingerprint density at radius 1 is 1.06 bits per heavy atom. The van der Waals surface area contributed by atoms with E-state index in [4.69, 9.17) is 19.9 Å². The molecule has 190 valence electrons. The average Bonchev–Trinajstić information content (AvgIpc) is 3.66. The summed E-state index contributed by atoms with van der Waals surface area (Å²) in [6.07, 6.45) is 7.39. The fourth-order valence-corrected chi connectivity index (χ4v) is 5.39. The molecule has 2 saturated carbocycles. The second-order valence-electron chi connectivity index (χ2n) is 10.5. The molecular formula is C29H35N3O4. The van der Waals surface area contributed by atoms with E-state index in [1.807, 2.05) is 31.2 Å². The van der Waals surface area contributed by atoms with Crippen LogP contribution in [0, 0.1) is 5.92 Å². The number of fused-ring (bicyclic) bond motifs is 1. The van der Waals surface area contributed by atoms with Gasteiger partial charge in [-0.1, -0.05) is 12.1 Å². The van der Waals surface area contributed by atoms with E-state index in [1.165, 1.54) is 6.42 Å². The minimum Gasteiger partial charge on any atom is -0.490 e. The van der Waals surface area contributed by atoms with Crippen LogP contribution in [-0.4, -0.2) is 36.1 Å². The van der Waals surface area contributed by atoms with Gasteiger partial charge >= 0.3 is 6.09 Å². The van der Waals surface area contributed by atoms with E-state index >= 15 is 0 Å². The van der Waals surface area contributed by atoms with Crippen molar-refractivity contribution in [1.29, 1.82) is 0 Å². The molecule has 3 N–H and O–H groups in total. The van der Waals surface area contributed by atoms with E-state index in [0.29, 0.717) is 17.6 Å². The summed E-state index contributed by atoms with van der Waals surface area (Å²) in [5.74, 6) is 1.37. The Kier molecular flexibility index (Phi) is 6.25. The van der Waals surface area contributed by atoms with Crippen molar-refractivity contribution in [2.24, 2.45) is 5.92 Å². The summed E-state index contributed by atoms with van der Waals surface area (Å²) < 4.78 is 19.6. The molecule has 1 saturated heterocycles. The van der Waals surface area contributed by atoms with Crippen LogP contribution in [0.25, 0.3) is 22.2 Å². The number of hydrogen-bond acceptors (Lipinski definition) is 5. The number of nitrogens with zero attached hydrogens (tertiary/aromatic N) is 1. The van der Waals surface area contributed by atoms with E-state index < -0.39 is 6.09 Å². The molecule has 0 radical (unpaired) electrons. The molecule has 7 nitrogen and oxygen atoms in total. The molecule has 0 bridgehead atoms. The minimum atomic E-state index is -0.401. The number of anilines is 2. The maximum absolute atomic E-state index is 12.3. The summed E-state index contributed by atoms with van der Waals surface area (Å²) in [6, 6.07) is 14.6. The van der Waals surface area contributed by atoms with Crippen molar-refractivity contribution >= 4 is 28.4 Å². The number of nitrogens with one attached hydrogen (secondary N) is 1. The van der Waals surface area contributed by atoms with Crippen LogP contribution in [0.5, 0.6) is 5.75 Å². The lowest BCUT2D eigenvalue weighted by molar-refractivity contribution is 0.0256. The zero-order valence-electron chi connectivity index (χ0n) is 20.9. The van der Waals surface area contributed by atoms with Crippen LogP contribution < -0.4 is 15.8 Å². The van der Waals surface area contributed by atoms with E-state index in [0.717, 1.165) is 85.3 Å². The van der Waals surface area contributed by atoms with E-state index in [-0.39, 0.29) is 12.2 Å². The zero-order valence-corrected chi connectivity index (χ0v) is 20.9. The number of hydrogen-bond donors (Lipinski definition) is 2. The van der Waals surface area contributed by atoms with Crippen molar-refractivity contribution in [3.8, 4) is 17.0 Å². The predicted molar refractivity (Wildman–Crippen MR) is 141 cm³/mol. The highest BCUT2D eigenvalue weighted by Gasteiger charge is 2.31. The monoisotopic (exact) mass is 489 g/mol. The van der Waals surface area contributed by atoms with Crippen molar-refractivity contribution in [2.45, 2.75) is 70.1 Å². The summed E-state index contributed by atoms with van der Waals surface area (Å²) in [4.78, 5) is 12.3. The Labute approximate surface area is 211 Å². The fourth-order valence-electron chi connectivity index (χ4n) is 5.39. The van der Waals surface area contributed by atoms with Crippen molar-refractivity contribution in [3.63, 3.8) is 0 Å². The minimum absolute atomic E-state index is 0.0393. The molecule has 6 rings (SSSR count). The highest BCUT2D eigenvalue weighted by Crippen LogP contribution is 2.45. The number of nitrogen functional groups attached to an aromatic ring is 1. The lowest BCUT2D eigenvalue weighted by Crippen LogP contribution is -2.25. The lowest BCUT2D eigenvalue weighted by Gasteiger charge is -2.30. The van der Waals surface area contributed by atoms with Crippen LogP contribution in [-0.2, 0) is 9.47 Å². The van der Waals surface area contributed by atoms with Gasteiger partial charge in [-0.2, -0.15) is 0 Å². The van der Waals surface area contributed by atoms with Crippen LogP contribution in [0.15, 0.2) is 42.5 Å². The molecule has 3 aromatic rings. The maximum atomic E-state index is 12.3. The SMILES string of the molecule is CC(OC(=O)Nc1ccc(-c2c(N)c3cc(OC4CCOCC4)ccc3n2C2CCC2)cc1)C1CC1. The fraction of sp³-hybridized carbons (Fsp3) is 0.483. The summed E-state index contributed by atoms with van der Waals surface area (Å²) >= 11 is 0. The molecule has 3 fully saturated rings. The van der Waals surface area contributed by atoms with Gasteiger partial charge in [0.1, 0.15) is 18.0 Å². The van der Waals surface area contributed by atoms with Crippen molar-refractivity contribution in [2.75, 3.05) is 24.3 Å². The number of amides is 1. The molecule has 0 spiro atoms. The third kappa shape index (κ3) is 4.64. The predicted octanol–water partition coefficient (Wildman–Crippen LogP) is 6.52. The van der Waals surface area contributed by atoms with Gasteiger partial charge in [-0.15, -0.1) is 0 Å². The molecule has 7 heteroatoms. The van der Waals surface area contributed by atoms with Gasteiger partial charge in [-0.05, 0) is 75.3 Å². The Morgan fingerprint density at radius 2 is 1.81 bits per heavy atom. The first-order valence-electron chi connectivity index (χ1n) is 13.3. The molecule has 36 heavy (non-hydrogen) atoms. The number of aromatic nitrogens is 1. The topological polar surface area (TPSA) is 87.7 Å². The van der Waals surface area contributed by atoms with Gasteiger partial charge in [0, 0.05) is 35.5 Å². The molecule has 2 heterocycles. The van der Waals surface area contributed by atoms with Gasteiger partial charge in [0.25, 0.3) is 0 Å². The Bertz CT molecular complexity index is 1240. The Hall–Kier alpha value is -3.19. The van der Waals surface area contributed by atoms with Gasteiger partial charge in [-0.3, -0.25) is 5.32 Å². The van der Waals surface area contributed by atoms with Gasteiger partial charge < -0.3 is 24.5 Å². The molecule has 1 amide bonds. The highest BCUT2D eigenvalue weighted by molar-refractivity contribution is 6.02. The largest absolute Gasteiger partial charge is 0.490 e. The Balaban J connectivity index is 1.27. The first-order valence-corrected chi connectivity index (χ1v) is 13.3. The third-order valence-electron chi connectivity index (χ3n) is 7.91.